The summed E-state index contributed by atoms with van der Waals surface area (Å²) in [6.07, 6.45) is 1.48. The third-order valence-corrected chi connectivity index (χ3v) is 2.94. The van der Waals surface area contributed by atoms with Crippen LogP contribution in [-0.2, 0) is 6.54 Å². The average Bonchev–Trinajstić information content (AvgIpc) is 2.89. The molecule has 2 heterocycles. The number of hydrogen-bond donors (Lipinski definition) is 1. The maximum absolute atomic E-state index is 12.0. The predicted molar refractivity (Wildman–Crippen MR) is 74.2 cm³/mol. The van der Waals surface area contributed by atoms with Gasteiger partial charge in [-0.2, -0.15) is 0 Å². The molecule has 0 unspecified atom stereocenters. The second kappa shape index (κ2) is 5.13. The molecule has 1 amide bonds. The molecule has 3 aromatic rings. The van der Waals surface area contributed by atoms with Crippen molar-refractivity contribution in [3.63, 3.8) is 0 Å². The lowest BCUT2D eigenvalue weighted by Gasteiger charge is -2.02. The van der Waals surface area contributed by atoms with Gasteiger partial charge in [-0.3, -0.25) is 4.79 Å². The van der Waals surface area contributed by atoms with E-state index in [1.165, 1.54) is 6.33 Å². The number of furan rings is 1. The van der Waals surface area contributed by atoms with Gasteiger partial charge in [0.05, 0.1) is 12.2 Å². The molecule has 3 rings (SSSR count). The number of carbonyl (C=O) groups is 1. The molecule has 0 aliphatic heterocycles. The number of carbonyl (C=O) groups excluding carboxylic acids is 1. The first-order valence-electron chi connectivity index (χ1n) is 6.27. The molecule has 20 heavy (non-hydrogen) atoms. The second-order valence-corrected chi connectivity index (χ2v) is 4.48. The molecule has 5 heteroatoms. The van der Waals surface area contributed by atoms with Crippen LogP contribution in [0.25, 0.3) is 11.0 Å². The van der Waals surface area contributed by atoms with Gasteiger partial charge in [0.2, 0.25) is 0 Å². The lowest BCUT2D eigenvalue weighted by atomic mass is 10.2. The first-order valence-corrected chi connectivity index (χ1v) is 6.27. The number of nitrogens with one attached hydrogen (secondary N) is 1. The van der Waals surface area contributed by atoms with Crippen LogP contribution >= 0.6 is 0 Å². The van der Waals surface area contributed by atoms with Crippen molar-refractivity contribution < 1.29 is 9.21 Å². The second-order valence-electron chi connectivity index (χ2n) is 4.48. The Kier molecular flexibility index (Phi) is 3.16. The molecular formula is C15H13N3O2. The summed E-state index contributed by atoms with van der Waals surface area (Å²) in [6.45, 7) is 2.23. The lowest BCUT2D eigenvalue weighted by molar-refractivity contribution is 0.0925. The van der Waals surface area contributed by atoms with Crippen molar-refractivity contribution in [1.29, 1.82) is 0 Å². The molecule has 0 saturated heterocycles. The van der Waals surface area contributed by atoms with Gasteiger partial charge in [0.1, 0.15) is 11.9 Å². The molecule has 1 N–H and O–H groups in total. The summed E-state index contributed by atoms with van der Waals surface area (Å²) in [4.78, 5) is 20.1. The molecule has 0 spiro atoms. The number of rotatable bonds is 3. The molecule has 0 fully saturated rings. The number of nitrogens with zero attached hydrogens (tertiary/aromatic N) is 2. The highest BCUT2D eigenvalue weighted by Crippen LogP contribution is 2.18. The smallest absolute Gasteiger partial charge is 0.287 e. The van der Waals surface area contributed by atoms with E-state index in [0.29, 0.717) is 17.9 Å². The molecule has 100 valence electrons. The van der Waals surface area contributed by atoms with E-state index >= 15 is 0 Å². The fourth-order valence-corrected chi connectivity index (χ4v) is 1.96. The van der Waals surface area contributed by atoms with Gasteiger partial charge < -0.3 is 9.73 Å². The summed E-state index contributed by atoms with van der Waals surface area (Å²) < 4.78 is 5.50. The van der Waals surface area contributed by atoms with Crippen LogP contribution in [0.1, 0.15) is 21.9 Å². The van der Waals surface area contributed by atoms with E-state index in [9.17, 15) is 4.79 Å². The molecule has 0 aliphatic rings. The zero-order chi connectivity index (χ0) is 13.9. The number of aryl methyl sites for hydroxylation is 1. The zero-order valence-electron chi connectivity index (χ0n) is 11.0. The highest BCUT2D eigenvalue weighted by molar-refractivity contribution is 5.95. The largest absolute Gasteiger partial charge is 0.451 e. The van der Waals surface area contributed by atoms with Crippen LogP contribution in [0.3, 0.4) is 0 Å². The normalized spacial score (nSPS) is 10.7. The molecule has 0 bridgehead atoms. The standard InChI is InChI=1S/C15H13N3O2/c1-10-6-12(18-9-17-10)8-16-15(19)14-7-11-4-2-3-5-13(11)20-14/h2-7,9H,8H2,1H3,(H,16,19). The molecule has 0 atom stereocenters. The Hall–Kier alpha value is -2.69. The summed E-state index contributed by atoms with van der Waals surface area (Å²) in [6, 6.07) is 11.1. The van der Waals surface area contributed by atoms with Crippen LogP contribution in [-0.4, -0.2) is 15.9 Å². The fraction of sp³-hybridized carbons (Fsp3) is 0.133. The molecular weight excluding hydrogens is 254 g/mol. The Morgan fingerprint density at radius 1 is 1.25 bits per heavy atom. The van der Waals surface area contributed by atoms with Crippen LogP contribution in [0.4, 0.5) is 0 Å². The first kappa shape index (κ1) is 12.3. The van der Waals surface area contributed by atoms with E-state index in [-0.39, 0.29) is 5.91 Å². The van der Waals surface area contributed by atoms with Crippen molar-refractivity contribution in [2.45, 2.75) is 13.5 Å². The van der Waals surface area contributed by atoms with Crippen LogP contribution in [0, 0.1) is 6.92 Å². The summed E-state index contributed by atoms with van der Waals surface area (Å²) >= 11 is 0. The molecule has 1 aromatic carbocycles. The molecule has 0 aliphatic carbocycles. The zero-order valence-corrected chi connectivity index (χ0v) is 11.0. The van der Waals surface area contributed by atoms with Gasteiger partial charge in [-0.1, -0.05) is 18.2 Å². The van der Waals surface area contributed by atoms with Crippen molar-refractivity contribution in [2.24, 2.45) is 0 Å². The Bertz CT molecular complexity index is 731. The minimum absolute atomic E-state index is 0.252. The monoisotopic (exact) mass is 267 g/mol. The minimum atomic E-state index is -0.252. The van der Waals surface area contributed by atoms with Crippen molar-refractivity contribution in [1.82, 2.24) is 15.3 Å². The lowest BCUT2D eigenvalue weighted by Crippen LogP contribution is -2.22. The van der Waals surface area contributed by atoms with Gasteiger partial charge in [0.15, 0.2) is 5.76 Å². The van der Waals surface area contributed by atoms with E-state index in [2.05, 4.69) is 15.3 Å². The van der Waals surface area contributed by atoms with Crippen molar-refractivity contribution in [2.75, 3.05) is 0 Å². The van der Waals surface area contributed by atoms with E-state index in [0.717, 1.165) is 16.8 Å². The average molecular weight is 267 g/mol. The van der Waals surface area contributed by atoms with Crippen LogP contribution in [0.15, 0.2) is 47.1 Å². The van der Waals surface area contributed by atoms with E-state index < -0.39 is 0 Å². The van der Waals surface area contributed by atoms with E-state index in [1.54, 1.807) is 6.07 Å². The summed E-state index contributed by atoms with van der Waals surface area (Å²) in [5.41, 5.74) is 2.34. The van der Waals surface area contributed by atoms with Gasteiger partial charge in [0, 0.05) is 11.1 Å². The molecule has 0 saturated carbocycles. The fourth-order valence-electron chi connectivity index (χ4n) is 1.96. The number of para-hydroxylation sites is 1. The van der Waals surface area contributed by atoms with Crippen LogP contribution < -0.4 is 5.32 Å². The summed E-state index contributed by atoms with van der Waals surface area (Å²) in [5.74, 6) is 0.0504. The van der Waals surface area contributed by atoms with Crippen molar-refractivity contribution in [3.8, 4) is 0 Å². The number of hydrogen-bond acceptors (Lipinski definition) is 4. The van der Waals surface area contributed by atoms with E-state index in [1.807, 2.05) is 37.3 Å². The van der Waals surface area contributed by atoms with Crippen LogP contribution in [0.2, 0.25) is 0 Å². The van der Waals surface area contributed by atoms with Gasteiger partial charge >= 0.3 is 0 Å². The maximum atomic E-state index is 12.0. The third-order valence-electron chi connectivity index (χ3n) is 2.94. The first-order chi connectivity index (χ1) is 9.72. The SMILES string of the molecule is Cc1cc(CNC(=O)c2cc3ccccc3o2)ncn1. The quantitative estimate of drug-likeness (QED) is 0.791. The highest BCUT2D eigenvalue weighted by Gasteiger charge is 2.11. The molecule has 0 radical (unpaired) electrons. The van der Waals surface area contributed by atoms with Crippen molar-refractivity contribution in [3.05, 3.63) is 59.9 Å². The predicted octanol–water partition coefficient (Wildman–Crippen LogP) is 2.46. The Morgan fingerprint density at radius 2 is 2.10 bits per heavy atom. The molecule has 5 nitrogen and oxygen atoms in total. The topological polar surface area (TPSA) is 68.0 Å². The Labute approximate surface area is 115 Å². The number of benzene rings is 1. The maximum Gasteiger partial charge on any atom is 0.287 e. The van der Waals surface area contributed by atoms with Gasteiger partial charge in [-0.05, 0) is 25.1 Å². The van der Waals surface area contributed by atoms with Crippen LogP contribution in [0.5, 0.6) is 0 Å². The van der Waals surface area contributed by atoms with Gasteiger partial charge in [-0.15, -0.1) is 0 Å². The number of amides is 1. The van der Waals surface area contributed by atoms with Gasteiger partial charge in [0.25, 0.3) is 5.91 Å². The highest BCUT2D eigenvalue weighted by atomic mass is 16.3. The summed E-state index contributed by atoms with van der Waals surface area (Å²) in [7, 11) is 0. The van der Waals surface area contributed by atoms with E-state index in [4.69, 9.17) is 4.42 Å². The molecule has 2 aromatic heterocycles. The number of aromatic nitrogens is 2. The number of fused-ring (bicyclic) bond motifs is 1. The summed E-state index contributed by atoms with van der Waals surface area (Å²) in [5, 5.41) is 3.69. The third kappa shape index (κ3) is 2.51. The van der Waals surface area contributed by atoms with Gasteiger partial charge in [-0.25, -0.2) is 9.97 Å². The Morgan fingerprint density at radius 3 is 2.90 bits per heavy atom. The minimum Gasteiger partial charge on any atom is -0.451 e. The van der Waals surface area contributed by atoms with Crippen molar-refractivity contribution >= 4 is 16.9 Å². The Balaban J connectivity index is 1.73.